The number of allylic oxidation sites excluding steroid dienone is 4. The van der Waals surface area contributed by atoms with Gasteiger partial charge in [0.2, 0.25) is 0 Å². The van der Waals surface area contributed by atoms with Gasteiger partial charge < -0.3 is 24.8 Å². The average molecular weight is 548 g/mol. The minimum atomic E-state index is 0. The standard InChI is InChI=1S/C30H25.2ClH.Zr/c1-30(2,3)21-16-15-20(17-21)23-13-8-14-26-28(23)25-12-7-6-11-24(25)27-18-19-9-4-5-10-22(19)29(26)27;;;/h4-10,12-17,20H,18H2,1-3H3;2*1H;/q-1;;;+3/p-2. The Hall–Kier alpha value is -1.66. The van der Waals surface area contributed by atoms with Crippen LogP contribution in [0, 0.1) is 11.5 Å². The number of hydrogen-bond acceptors (Lipinski definition) is 0. The van der Waals surface area contributed by atoms with Crippen LogP contribution in [0.15, 0.2) is 84.5 Å². The normalized spacial score (nSPS) is 15.8. The van der Waals surface area contributed by atoms with Crippen molar-refractivity contribution in [2.24, 2.45) is 5.41 Å². The summed E-state index contributed by atoms with van der Waals surface area (Å²) in [5.41, 5.74) is 8.67. The van der Waals surface area contributed by atoms with Crippen LogP contribution in [0.5, 0.6) is 0 Å². The molecular formula is C30H25Cl2Zr. The fraction of sp³-hybridized carbons (Fsp3) is 0.200. The summed E-state index contributed by atoms with van der Waals surface area (Å²) in [5, 5.41) is 5.39. The van der Waals surface area contributed by atoms with E-state index < -0.39 is 0 Å². The second kappa shape index (κ2) is 9.54. The zero-order valence-corrected chi connectivity index (χ0v) is 23.0. The maximum atomic E-state index is 3.60. The van der Waals surface area contributed by atoms with Crippen LogP contribution in [0.3, 0.4) is 0 Å². The van der Waals surface area contributed by atoms with Gasteiger partial charge in [0, 0.05) is 5.92 Å². The van der Waals surface area contributed by atoms with Crippen molar-refractivity contribution in [3.8, 4) is 11.1 Å². The van der Waals surface area contributed by atoms with Crippen LogP contribution in [0.1, 0.15) is 43.4 Å². The van der Waals surface area contributed by atoms with E-state index in [0.29, 0.717) is 5.92 Å². The predicted molar refractivity (Wildman–Crippen MR) is 128 cm³/mol. The van der Waals surface area contributed by atoms with Gasteiger partial charge in [-0.15, -0.1) is 40.6 Å². The molecule has 4 aromatic rings. The van der Waals surface area contributed by atoms with Crippen molar-refractivity contribution in [3.63, 3.8) is 0 Å². The second-order valence-electron chi connectivity index (χ2n) is 9.67. The van der Waals surface area contributed by atoms with Gasteiger partial charge in [-0.05, 0) is 50.4 Å². The molecule has 2 aliphatic rings. The van der Waals surface area contributed by atoms with E-state index in [0.717, 1.165) is 6.42 Å². The van der Waals surface area contributed by atoms with Crippen molar-refractivity contribution in [1.29, 1.82) is 0 Å². The van der Waals surface area contributed by atoms with E-state index in [-0.39, 0.29) is 56.4 Å². The molecule has 4 aromatic carbocycles. The van der Waals surface area contributed by atoms with Gasteiger partial charge in [0.15, 0.2) is 0 Å². The zero-order chi connectivity index (χ0) is 20.5. The molecule has 6 rings (SSSR count). The Kier molecular flexibility index (Phi) is 7.50. The monoisotopic (exact) mass is 545 g/mol. The number of halogens is 2. The Bertz CT molecular complexity index is 1410. The van der Waals surface area contributed by atoms with Crippen LogP contribution in [0.4, 0.5) is 0 Å². The average Bonchev–Trinajstić information content (AvgIpc) is 3.39. The number of fused-ring (bicyclic) bond motifs is 8. The summed E-state index contributed by atoms with van der Waals surface area (Å²) in [6.45, 7) is 6.88. The summed E-state index contributed by atoms with van der Waals surface area (Å²) in [7, 11) is 0. The third kappa shape index (κ3) is 4.07. The molecule has 0 heterocycles. The molecule has 33 heavy (non-hydrogen) atoms. The largest absolute Gasteiger partial charge is 3.00 e. The first-order chi connectivity index (χ1) is 14.5. The molecule has 0 aliphatic heterocycles. The Morgan fingerprint density at radius 2 is 1.64 bits per heavy atom. The van der Waals surface area contributed by atoms with E-state index in [9.17, 15) is 0 Å². The van der Waals surface area contributed by atoms with Gasteiger partial charge in [-0.3, -0.25) is 0 Å². The Morgan fingerprint density at radius 1 is 0.879 bits per heavy atom. The fourth-order valence-electron chi connectivity index (χ4n) is 5.34. The summed E-state index contributed by atoms with van der Waals surface area (Å²) in [6.07, 6.45) is 8.14. The van der Waals surface area contributed by atoms with Crippen molar-refractivity contribution in [2.45, 2.75) is 33.1 Å². The molecule has 0 nitrogen and oxygen atoms in total. The van der Waals surface area contributed by atoms with E-state index in [2.05, 4.69) is 106 Å². The quantitative estimate of drug-likeness (QED) is 0.223. The number of rotatable bonds is 1. The van der Waals surface area contributed by atoms with Crippen LogP contribution in [0.2, 0.25) is 0 Å². The summed E-state index contributed by atoms with van der Waals surface area (Å²) in [6, 6.07) is 25.8. The van der Waals surface area contributed by atoms with Crippen molar-refractivity contribution in [3.05, 3.63) is 107 Å². The molecule has 3 heteroatoms. The van der Waals surface area contributed by atoms with Crippen molar-refractivity contribution in [1.82, 2.24) is 0 Å². The molecule has 1 unspecified atom stereocenters. The zero-order valence-electron chi connectivity index (χ0n) is 19.0. The minimum Gasteiger partial charge on any atom is -1.00 e. The minimum absolute atomic E-state index is 0. The summed E-state index contributed by atoms with van der Waals surface area (Å²) in [4.78, 5) is 0. The van der Waals surface area contributed by atoms with Gasteiger partial charge >= 0.3 is 26.2 Å². The van der Waals surface area contributed by atoms with Crippen LogP contribution in [-0.4, -0.2) is 0 Å². The molecule has 0 aromatic heterocycles. The van der Waals surface area contributed by atoms with E-state index in [1.165, 1.54) is 54.9 Å². The molecule has 163 valence electrons. The molecule has 1 radical (unpaired) electrons. The first-order valence-corrected chi connectivity index (χ1v) is 10.9. The van der Waals surface area contributed by atoms with Crippen LogP contribution >= 0.6 is 0 Å². The Morgan fingerprint density at radius 3 is 2.39 bits per heavy atom. The molecule has 0 amide bonds. The SMILES string of the molecule is CC(C)(C)C1=CC(c2cccc3c4c(c5[c-]cccc5c23)Cc2ccccc2-4)C=C1.[Cl-].[Cl-].[Zr+3]. The van der Waals surface area contributed by atoms with E-state index >= 15 is 0 Å². The first-order valence-electron chi connectivity index (χ1n) is 10.9. The van der Waals surface area contributed by atoms with Gasteiger partial charge in [-0.2, -0.15) is 0 Å². The molecule has 0 saturated heterocycles. The molecular weight excluding hydrogens is 522 g/mol. The third-order valence-corrected chi connectivity index (χ3v) is 6.82. The summed E-state index contributed by atoms with van der Waals surface area (Å²) < 4.78 is 0. The second-order valence-corrected chi connectivity index (χ2v) is 9.67. The van der Waals surface area contributed by atoms with Crippen molar-refractivity contribution < 1.29 is 51.0 Å². The molecule has 0 bridgehead atoms. The van der Waals surface area contributed by atoms with Gasteiger partial charge in [-0.25, -0.2) is 0 Å². The maximum absolute atomic E-state index is 3.60. The van der Waals surface area contributed by atoms with Gasteiger partial charge in [0.1, 0.15) is 0 Å². The van der Waals surface area contributed by atoms with Crippen LogP contribution in [0.25, 0.3) is 32.7 Å². The van der Waals surface area contributed by atoms with Crippen molar-refractivity contribution in [2.75, 3.05) is 0 Å². The van der Waals surface area contributed by atoms with E-state index in [1.54, 1.807) is 0 Å². The number of hydrogen-bond donors (Lipinski definition) is 0. The van der Waals surface area contributed by atoms with Crippen LogP contribution < -0.4 is 24.8 Å². The van der Waals surface area contributed by atoms with Crippen molar-refractivity contribution >= 4 is 21.5 Å². The first kappa shape index (κ1) is 26.0. The Balaban J connectivity index is 0.00000102. The Labute approximate surface area is 228 Å². The van der Waals surface area contributed by atoms with E-state index in [1.807, 2.05) is 0 Å². The van der Waals surface area contributed by atoms with E-state index in [4.69, 9.17) is 0 Å². The smallest absolute Gasteiger partial charge is 1.00 e. The molecule has 0 fully saturated rings. The summed E-state index contributed by atoms with van der Waals surface area (Å²) in [5.74, 6) is 0.320. The predicted octanol–water partition coefficient (Wildman–Crippen LogP) is 2.00. The molecule has 2 aliphatic carbocycles. The topological polar surface area (TPSA) is 0 Å². The van der Waals surface area contributed by atoms with Gasteiger partial charge in [0.05, 0.1) is 0 Å². The molecule has 0 spiro atoms. The molecule has 1 atom stereocenters. The third-order valence-electron chi connectivity index (χ3n) is 6.82. The maximum Gasteiger partial charge on any atom is 3.00 e. The molecule has 0 saturated carbocycles. The number of benzene rings is 4. The van der Waals surface area contributed by atoms with Gasteiger partial charge in [-0.1, -0.05) is 81.5 Å². The summed E-state index contributed by atoms with van der Waals surface area (Å²) >= 11 is 0. The molecule has 0 N–H and O–H groups in total. The van der Waals surface area contributed by atoms with Gasteiger partial charge in [0.25, 0.3) is 0 Å². The fourth-order valence-corrected chi connectivity index (χ4v) is 5.34. The van der Waals surface area contributed by atoms with Crippen LogP contribution in [-0.2, 0) is 32.6 Å².